The van der Waals surface area contributed by atoms with Gasteiger partial charge >= 0.3 is 0 Å². The van der Waals surface area contributed by atoms with Crippen LogP contribution in [0.2, 0.25) is 10.0 Å². The fourth-order valence-corrected chi connectivity index (χ4v) is 6.80. The van der Waals surface area contributed by atoms with Crippen LogP contribution in [0.25, 0.3) is 22.2 Å². The number of hydrogen-bond acceptors (Lipinski definition) is 8. The summed E-state index contributed by atoms with van der Waals surface area (Å²) < 4.78 is 20.3. The lowest BCUT2D eigenvalue weighted by atomic mass is 9.96. The van der Waals surface area contributed by atoms with E-state index in [0.717, 1.165) is 54.6 Å². The van der Waals surface area contributed by atoms with Gasteiger partial charge in [0.2, 0.25) is 0 Å². The Balaban J connectivity index is 1.32. The molecule has 216 valence electrons. The van der Waals surface area contributed by atoms with Gasteiger partial charge in [0.05, 0.1) is 28.2 Å². The van der Waals surface area contributed by atoms with Crippen molar-refractivity contribution in [1.82, 2.24) is 19.7 Å². The van der Waals surface area contributed by atoms with Crippen LogP contribution in [-0.2, 0) is 4.74 Å². The normalized spacial score (nSPS) is 19.8. The summed E-state index contributed by atoms with van der Waals surface area (Å²) in [6.45, 7) is 4.49. The number of aromatic nitrogens is 4. The van der Waals surface area contributed by atoms with E-state index in [-0.39, 0.29) is 6.23 Å². The molecule has 1 aromatic carbocycles. The van der Waals surface area contributed by atoms with Crippen molar-refractivity contribution < 1.29 is 14.2 Å². The number of anilines is 1. The average Bonchev–Trinajstić information content (AvgIpc) is 3.71. The van der Waals surface area contributed by atoms with Crippen molar-refractivity contribution in [3.05, 3.63) is 58.0 Å². The van der Waals surface area contributed by atoms with E-state index in [1.165, 1.54) is 12.8 Å². The summed E-state index contributed by atoms with van der Waals surface area (Å²) in [6.07, 6.45) is 9.66. The highest BCUT2D eigenvalue weighted by Crippen LogP contribution is 2.54. The van der Waals surface area contributed by atoms with Crippen LogP contribution >= 0.6 is 23.2 Å². The molecule has 1 unspecified atom stereocenters. The molecule has 1 aliphatic carbocycles. The van der Waals surface area contributed by atoms with Crippen molar-refractivity contribution in [2.75, 3.05) is 31.7 Å². The van der Waals surface area contributed by atoms with Crippen molar-refractivity contribution in [2.45, 2.75) is 51.4 Å². The Morgan fingerprint density at radius 1 is 1.10 bits per heavy atom. The number of fused-ring (bicyclic) bond motifs is 1. The van der Waals surface area contributed by atoms with Crippen LogP contribution in [0.15, 0.2) is 36.8 Å². The van der Waals surface area contributed by atoms with Crippen LogP contribution in [0, 0.1) is 16.7 Å². The zero-order chi connectivity index (χ0) is 29.0. The molecule has 42 heavy (non-hydrogen) atoms. The predicted octanol–water partition coefficient (Wildman–Crippen LogP) is 7.12. The number of nitrogens with zero attached hydrogens (tertiary/aromatic N) is 6. The number of hydrogen-bond donors (Lipinski definition) is 0. The molecule has 5 heterocycles. The number of methoxy groups -OCH3 is 1. The first-order valence-corrected chi connectivity index (χ1v) is 15.0. The molecular weight excluding hydrogens is 575 g/mol. The molecular formula is C31H30Cl2N6O3. The summed E-state index contributed by atoms with van der Waals surface area (Å²) in [4.78, 5) is 11.0. The predicted molar refractivity (Wildman–Crippen MR) is 160 cm³/mol. The molecule has 4 aromatic rings. The van der Waals surface area contributed by atoms with Crippen molar-refractivity contribution >= 4 is 39.9 Å². The van der Waals surface area contributed by atoms with Gasteiger partial charge in [0.15, 0.2) is 17.7 Å². The zero-order valence-electron chi connectivity index (χ0n) is 23.4. The first-order chi connectivity index (χ1) is 20.4. The van der Waals surface area contributed by atoms with Gasteiger partial charge in [-0.15, -0.1) is 0 Å². The quantitative estimate of drug-likeness (QED) is 0.220. The van der Waals surface area contributed by atoms with Crippen LogP contribution < -0.4 is 14.4 Å². The summed E-state index contributed by atoms with van der Waals surface area (Å²) in [5.41, 5.74) is 3.92. The minimum absolute atomic E-state index is 0.210. The van der Waals surface area contributed by atoms with E-state index in [1.54, 1.807) is 19.5 Å². The number of halogens is 2. The maximum atomic E-state index is 10.1. The first kappa shape index (κ1) is 27.3. The highest BCUT2D eigenvalue weighted by molar-refractivity contribution is 6.35. The molecule has 0 amide bonds. The largest absolute Gasteiger partial charge is 0.493 e. The number of pyridine rings is 2. The first-order valence-electron chi connectivity index (χ1n) is 14.2. The molecule has 0 N–H and O–H groups in total. The number of ether oxygens (including phenoxy) is 3. The van der Waals surface area contributed by atoms with Crippen molar-refractivity contribution in [3.8, 4) is 28.8 Å². The van der Waals surface area contributed by atoms with Gasteiger partial charge in [0.1, 0.15) is 23.7 Å². The molecule has 1 spiro atoms. The highest BCUT2D eigenvalue weighted by atomic mass is 35.5. The van der Waals surface area contributed by atoms with Crippen LogP contribution in [0.3, 0.4) is 0 Å². The molecule has 2 atom stereocenters. The monoisotopic (exact) mass is 604 g/mol. The summed E-state index contributed by atoms with van der Waals surface area (Å²) in [5.74, 6) is 1.79. The van der Waals surface area contributed by atoms with E-state index in [4.69, 9.17) is 47.5 Å². The lowest BCUT2D eigenvalue weighted by Gasteiger charge is -2.41. The SMILES string of the molecule is COc1cc2c(cc1O[C@H](C)c1c(Cl)cncc1Cl)c(-c1cnc(N3CC4(CC4)C3)c(C#N)c1)nn2C1CCCCO1. The zero-order valence-corrected chi connectivity index (χ0v) is 25.0. The van der Waals surface area contributed by atoms with Crippen molar-refractivity contribution in [3.63, 3.8) is 0 Å². The standard InChI is InChI=1S/C31H30Cl2N6O3/c1-18(28-22(32)14-35-15-23(28)33)42-26-10-21-24(11-25(26)40-2)39(27-5-3-4-8-41-27)37-29(21)20-9-19(12-34)30(36-13-20)38-16-31(17-38)6-7-31/h9-11,13-15,18,27H,3-8,16-17H2,1-2H3/t18-,27?/m1/s1. The molecule has 2 aliphatic heterocycles. The van der Waals surface area contributed by atoms with Gasteiger partial charge in [0, 0.05) is 66.3 Å². The Kier molecular flexibility index (Phi) is 6.88. The van der Waals surface area contributed by atoms with Crippen LogP contribution in [-0.4, -0.2) is 46.6 Å². The average molecular weight is 606 g/mol. The lowest BCUT2D eigenvalue weighted by molar-refractivity contribution is -0.0365. The second kappa shape index (κ2) is 10.6. The van der Waals surface area contributed by atoms with Gasteiger partial charge in [0.25, 0.3) is 0 Å². The van der Waals surface area contributed by atoms with Gasteiger partial charge in [-0.1, -0.05) is 23.2 Å². The van der Waals surface area contributed by atoms with E-state index in [9.17, 15) is 5.26 Å². The Labute approximate surface area is 253 Å². The maximum Gasteiger partial charge on any atom is 0.162 e. The number of benzene rings is 1. The molecule has 3 aromatic heterocycles. The van der Waals surface area contributed by atoms with E-state index < -0.39 is 6.10 Å². The third-order valence-corrected chi connectivity index (χ3v) is 9.19. The number of nitriles is 1. The maximum absolute atomic E-state index is 10.1. The van der Waals surface area contributed by atoms with Gasteiger partial charge in [-0.2, -0.15) is 10.4 Å². The van der Waals surface area contributed by atoms with Crippen LogP contribution in [0.4, 0.5) is 5.82 Å². The smallest absolute Gasteiger partial charge is 0.162 e. The van der Waals surface area contributed by atoms with Gasteiger partial charge in [-0.05, 0) is 51.2 Å². The third kappa shape index (κ3) is 4.72. The molecule has 7 rings (SSSR count). The molecule has 1 saturated carbocycles. The molecule has 9 nitrogen and oxygen atoms in total. The van der Waals surface area contributed by atoms with E-state index >= 15 is 0 Å². The lowest BCUT2D eigenvalue weighted by Crippen LogP contribution is -2.49. The Hall–Kier alpha value is -3.58. The van der Waals surface area contributed by atoms with E-state index in [2.05, 4.69) is 16.0 Å². The molecule has 2 saturated heterocycles. The van der Waals surface area contributed by atoms with E-state index in [1.807, 2.05) is 36.0 Å². The minimum Gasteiger partial charge on any atom is -0.493 e. The molecule has 3 aliphatic rings. The second-order valence-electron chi connectivity index (χ2n) is 11.5. The fourth-order valence-electron chi connectivity index (χ4n) is 6.13. The van der Waals surface area contributed by atoms with E-state index in [0.29, 0.717) is 50.4 Å². The number of rotatable bonds is 7. The topological polar surface area (TPSA) is 98.3 Å². The summed E-state index contributed by atoms with van der Waals surface area (Å²) >= 11 is 12.9. The minimum atomic E-state index is -0.489. The molecule has 0 bridgehead atoms. The van der Waals surface area contributed by atoms with Crippen LogP contribution in [0.1, 0.15) is 62.5 Å². The van der Waals surface area contributed by atoms with Crippen molar-refractivity contribution in [1.29, 1.82) is 5.26 Å². The van der Waals surface area contributed by atoms with Gasteiger partial charge < -0.3 is 19.1 Å². The highest BCUT2D eigenvalue weighted by Gasteiger charge is 2.53. The third-order valence-electron chi connectivity index (χ3n) is 8.59. The Bertz CT molecular complexity index is 1700. The van der Waals surface area contributed by atoms with Crippen LogP contribution in [0.5, 0.6) is 11.5 Å². The van der Waals surface area contributed by atoms with Gasteiger partial charge in [-0.25, -0.2) is 9.67 Å². The summed E-state index contributed by atoms with van der Waals surface area (Å²) in [6, 6.07) is 8.09. The second-order valence-corrected chi connectivity index (χ2v) is 12.3. The Morgan fingerprint density at radius 3 is 2.55 bits per heavy atom. The van der Waals surface area contributed by atoms with Gasteiger partial charge in [-0.3, -0.25) is 4.98 Å². The summed E-state index contributed by atoms with van der Waals surface area (Å²) in [7, 11) is 1.60. The summed E-state index contributed by atoms with van der Waals surface area (Å²) in [5, 5.41) is 16.8. The van der Waals surface area contributed by atoms with Crippen molar-refractivity contribution in [2.24, 2.45) is 5.41 Å². The molecule has 11 heteroatoms. The molecule has 0 radical (unpaired) electrons. The molecule has 3 fully saturated rings. The fraction of sp³-hybridized carbons (Fsp3) is 0.419. The Morgan fingerprint density at radius 2 is 1.88 bits per heavy atom.